The van der Waals surface area contributed by atoms with Crippen LogP contribution in [0.3, 0.4) is 0 Å². The maximum absolute atomic E-state index is 11.5. The summed E-state index contributed by atoms with van der Waals surface area (Å²) < 4.78 is 0. The summed E-state index contributed by atoms with van der Waals surface area (Å²) in [5.41, 5.74) is 0. The Kier molecular flexibility index (Phi) is 18.1. The zero-order valence-corrected chi connectivity index (χ0v) is 15.0. The van der Waals surface area contributed by atoms with Crippen LogP contribution in [0.5, 0.6) is 0 Å². The van der Waals surface area contributed by atoms with Gasteiger partial charge in [0, 0.05) is 13.0 Å². The fourth-order valence-electron chi connectivity index (χ4n) is 2.56. The fraction of sp³-hybridized carbons (Fsp3) is 0.933. The molecule has 6 heteroatoms. The number of likely N-dealkylation sites (tertiary alicyclic amines) is 1. The summed E-state index contributed by atoms with van der Waals surface area (Å²) in [4.78, 5) is 14.0. The average molecular weight is 342 g/mol. The minimum Gasteiger partial charge on any atom is -0.356 e. The van der Waals surface area contributed by atoms with Crippen LogP contribution in [-0.4, -0.2) is 50.6 Å². The Labute approximate surface area is 142 Å². The molecular formula is C15H33Cl2N3O. The van der Waals surface area contributed by atoms with E-state index in [2.05, 4.69) is 15.5 Å². The third kappa shape index (κ3) is 13.4. The molecule has 2 N–H and O–H groups in total. The third-order valence-corrected chi connectivity index (χ3v) is 3.75. The molecule has 4 nitrogen and oxygen atoms in total. The summed E-state index contributed by atoms with van der Waals surface area (Å²) >= 11 is 0. The van der Waals surface area contributed by atoms with Gasteiger partial charge >= 0.3 is 0 Å². The van der Waals surface area contributed by atoms with Crippen LogP contribution in [0, 0.1) is 0 Å². The maximum Gasteiger partial charge on any atom is 0.220 e. The number of piperidine rings is 1. The van der Waals surface area contributed by atoms with Crippen LogP contribution in [-0.2, 0) is 4.79 Å². The monoisotopic (exact) mass is 341 g/mol. The molecule has 1 rings (SSSR count). The van der Waals surface area contributed by atoms with Gasteiger partial charge in [-0.3, -0.25) is 4.79 Å². The van der Waals surface area contributed by atoms with Crippen LogP contribution in [0.4, 0.5) is 0 Å². The van der Waals surface area contributed by atoms with Gasteiger partial charge in [0.25, 0.3) is 0 Å². The van der Waals surface area contributed by atoms with Gasteiger partial charge < -0.3 is 15.5 Å². The standard InChI is InChI=1S/C15H31N3O.2ClH/c1-16-10-8-9-15(19)17-11-4-2-5-12-18-13-6-3-7-14-18;;/h16H,2-14H2,1H3,(H,17,19);2*1H. The normalized spacial score (nSPS) is 14.9. The van der Waals surface area contributed by atoms with Crippen molar-refractivity contribution in [3.05, 3.63) is 0 Å². The molecule has 1 aliphatic heterocycles. The van der Waals surface area contributed by atoms with Crippen molar-refractivity contribution in [1.29, 1.82) is 0 Å². The number of halogens is 2. The number of carbonyl (C=O) groups excluding carboxylic acids is 1. The average Bonchev–Trinajstić information content (AvgIpc) is 2.44. The van der Waals surface area contributed by atoms with E-state index in [0.717, 1.165) is 25.9 Å². The molecule has 1 saturated heterocycles. The van der Waals surface area contributed by atoms with E-state index in [4.69, 9.17) is 0 Å². The number of unbranched alkanes of at least 4 members (excludes halogenated alkanes) is 2. The van der Waals surface area contributed by atoms with Crippen LogP contribution in [0.25, 0.3) is 0 Å². The Morgan fingerprint density at radius 3 is 2.33 bits per heavy atom. The molecule has 0 spiro atoms. The highest BCUT2D eigenvalue weighted by atomic mass is 35.5. The van der Waals surface area contributed by atoms with Gasteiger partial charge in [-0.05, 0) is 65.3 Å². The molecule has 128 valence electrons. The molecule has 0 bridgehead atoms. The van der Waals surface area contributed by atoms with E-state index in [1.807, 2.05) is 7.05 Å². The van der Waals surface area contributed by atoms with Crippen molar-refractivity contribution in [3.8, 4) is 0 Å². The smallest absolute Gasteiger partial charge is 0.220 e. The lowest BCUT2D eigenvalue weighted by molar-refractivity contribution is -0.121. The van der Waals surface area contributed by atoms with Crippen molar-refractivity contribution in [2.45, 2.75) is 51.4 Å². The second-order valence-corrected chi connectivity index (χ2v) is 5.52. The topological polar surface area (TPSA) is 44.4 Å². The molecule has 0 aromatic heterocycles. The zero-order chi connectivity index (χ0) is 13.8. The largest absolute Gasteiger partial charge is 0.356 e. The molecule has 1 fully saturated rings. The lowest BCUT2D eigenvalue weighted by atomic mass is 10.1. The Balaban J connectivity index is 0. The fourth-order valence-corrected chi connectivity index (χ4v) is 2.56. The highest BCUT2D eigenvalue weighted by Gasteiger charge is 2.08. The van der Waals surface area contributed by atoms with Gasteiger partial charge in [-0.15, -0.1) is 24.8 Å². The molecule has 0 aliphatic carbocycles. The van der Waals surface area contributed by atoms with Crippen molar-refractivity contribution in [2.24, 2.45) is 0 Å². The Morgan fingerprint density at radius 1 is 0.952 bits per heavy atom. The van der Waals surface area contributed by atoms with Crippen molar-refractivity contribution < 1.29 is 4.79 Å². The molecule has 0 aromatic rings. The molecule has 1 heterocycles. The van der Waals surface area contributed by atoms with E-state index in [1.54, 1.807) is 0 Å². The Bertz CT molecular complexity index is 237. The predicted octanol–water partition coefficient (Wildman–Crippen LogP) is 2.60. The summed E-state index contributed by atoms with van der Waals surface area (Å²) in [5, 5.41) is 6.05. The van der Waals surface area contributed by atoms with E-state index < -0.39 is 0 Å². The van der Waals surface area contributed by atoms with Crippen LogP contribution in [0.1, 0.15) is 51.4 Å². The van der Waals surface area contributed by atoms with Crippen LogP contribution >= 0.6 is 24.8 Å². The first-order chi connectivity index (χ1) is 9.33. The summed E-state index contributed by atoms with van der Waals surface area (Å²) in [7, 11) is 1.92. The zero-order valence-electron chi connectivity index (χ0n) is 13.4. The molecule has 1 aliphatic rings. The van der Waals surface area contributed by atoms with Gasteiger partial charge in [0.1, 0.15) is 0 Å². The first kappa shape index (κ1) is 23.2. The minimum atomic E-state index is 0. The van der Waals surface area contributed by atoms with Crippen LogP contribution < -0.4 is 10.6 Å². The van der Waals surface area contributed by atoms with Crippen molar-refractivity contribution in [2.75, 3.05) is 39.8 Å². The highest BCUT2D eigenvalue weighted by molar-refractivity contribution is 5.85. The second-order valence-electron chi connectivity index (χ2n) is 5.52. The van der Waals surface area contributed by atoms with E-state index in [1.165, 1.54) is 51.7 Å². The van der Waals surface area contributed by atoms with Gasteiger partial charge in [0.2, 0.25) is 5.91 Å². The predicted molar refractivity (Wildman–Crippen MR) is 94.8 cm³/mol. The van der Waals surface area contributed by atoms with Crippen molar-refractivity contribution in [1.82, 2.24) is 15.5 Å². The number of carbonyl (C=O) groups is 1. The lowest BCUT2D eigenvalue weighted by Gasteiger charge is -2.26. The molecule has 1 amide bonds. The summed E-state index contributed by atoms with van der Waals surface area (Å²) in [6, 6.07) is 0. The quantitative estimate of drug-likeness (QED) is 0.600. The third-order valence-electron chi connectivity index (χ3n) is 3.75. The van der Waals surface area contributed by atoms with Gasteiger partial charge in [0.15, 0.2) is 0 Å². The van der Waals surface area contributed by atoms with E-state index >= 15 is 0 Å². The number of nitrogens with zero attached hydrogens (tertiary/aromatic N) is 1. The van der Waals surface area contributed by atoms with Crippen LogP contribution in [0.15, 0.2) is 0 Å². The van der Waals surface area contributed by atoms with E-state index in [-0.39, 0.29) is 30.7 Å². The molecule has 0 radical (unpaired) electrons. The van der Waals surface area contributed by atoms with Gasteiger partial charge in [-0.1, -0.05) is 12.8 Å². The first-order valence-electron chi connectivity index (χ1n) is 7.96. The van der Waals surface area contributed by atoms with Gasteiger partial charge in [-0.2, -0.15) is 0 Å². The molecule has 0 unspecified atom stereocenters. The number of hydrogen-bond donors (Lipinski definition) is 2. The second kappa shape index (κ2) is 16.3. The van der Waals surface area contributed by atoms with E-state index in [9.17, 15) is 4.79 Å². The van der Waals surface area contributed by atoms with Crippen LogP contribution in [0.2, 0.25) is 0 Å². The number of rotatable bonds is 10. The number of amides is 1. The first-order valence-corrected chi connectivity index (χ1v) is 7.96. The molecule has 21 heavy (non-hydrogen) atoms. The Morgan fingerprint density at radius 2 is 1.67 bits per heavy atom. The minimum absolute atomic E-state index is 0. The molecule has 0 atom stereocenters. The molecule has 0 saturated carbocycles. The SMILES string of the molecule is CNCCCC(=O)NCCCCCN1CCCCC1.Cl.Cl. The summed E-state index contributed by atoms with van der Waals surface area (Å²) in [6.45, 7) is 5.60. The maximum atomic E-state index is 11.5. The summed E-state index contributed by atoms with van der Waals surface area (Å²) in [5.74, 6) is 0.200. The van der Waals surface area contributed by atoms with Crippen molar-refractivity contribution >= 4 is 30.7 Å². The van der Waals surface area contributed by atoms with Gasteiger partial charge in [-0.25, -0.2) is 0 Å². The lowest BCUT2D eigenvalue weighted by Crippen LogP contribution is -2.30. The van der Waals surface area contributed by atoms with Crippen molar-refractivity contribution in [3.63, 3.8) is 0 Å². The van der Waals surface area contributed by atoms with E-state index in [0.29, 0.717) is 6.42 Å². The highest BCUT2D eigenvalue weighted by Crippen LogP contribution is 2.09. The summed E-state index contributed by atoms with van der Waals surface area (Å²) in [6.07, 6.45) is 9.36. The number of nitrogens with one attached hydrogen (secondary N) is 2. The molecular weight excluding hydrogens is 309 g/mol. The number of hydrogen-bond acceptors (Lipinski definition) is 3. The Hall–Kier alpha value is -0.0300. The van der Waals surface area contributed by atoms with Gasteiger partial charge in [0.05, 0.1) is 0 Å². The molecule has 0 aromatic carbocycles.